The number of fused-ring (bicyclic) bond motifs is 1. The van der Waals surface area contributed by atoms with Crippen LogP contribution in [0.4, 0.5) is 15.8 Å². The van der Waals surface area contributed by atoms with E-state index in [-0.39, 0.29) is 5.69 Å². The van der Waals surface area contributed by atoms with Crippen LogP contribution < -0.4 is 4.90 Å². The number of nitro benzene ring substituents is 1. The molecule has 20 heavy (non-hydrogen) atoms. The van der Waals surface area contributed by atoms with Crippen LogP contribution in [0.5, 0.6) is 0 Å². The highest BCUT2D eigenvalue weighted by Crippen LogP contribution is 2.28. The van der Waals surface area contributed by atoms with Gasteiger partial charge in [-0.15, -0.1) is 0 Å². The quantitative estimate of drug-likeness (QED) is 0.616. The van der Waals surface area contributed by atoms with Crippen LogP contribution in [0.15, 0.2) is 18.2 Å². The minimum atomic E-state index is -0.564. The van der Waals surface area contributed by atoms with Gasteiger partial charge in [-0.05, 0) is 25.5 Å². The molecule has 2 heterocycles. The summed E-state index contributed by atoms with van der Waals surface area (Å²) in [7, 11) is 0. The minimum absolute atomic E-state index is 0.192. The van der Waals surface area contributed by atoms with Crippen LogP contribution in [0.1, 0.15) is 19.3 Å². The standard InChI is InChI=1S/C14H18FN3O2/c15-13-9-11(18(19)20)4-5-14(13)17-8-7-16-6-2-1-3-12(16)10-17/h4-5,9,12H,1-3,6-8,10H2. The second-order valence-corrected chi connectivity index (χ2v) is 5.52. The van der Waals surface area contributed by atoms with E-state index in [2.05, 4.69) is 4.90 Å². The van der Waals surface area contributed by atoms with Gasteiger partial charge in [-0.3, -0.25) is 15.0 Å². The summed E-state index contributed by atoms with van der Waals surface area (Å²) in [6.07, 6.45) is 3.64. The summed E-state index contributed by atoms with van der Waals surface area (Å²) in [6.45, 7) is 3.68. The van der Waals surface area contributed by atoms with Gasteiger partial charge in [0.15, 0.2) is 5.82 Å². The molecule has 0 saturated carbocycles. The van der Waals surface area contributed by atoms with E-state index >= 15 is 0 Å². The van der Waals surface area contributed by atoms with E-state index in [0.29, 0.717) is 11.7 Å². The van der Waals surface area contributed by atoms with Crippen molar-refractivity contribution in [3.63, 3.8) is 0 Å². The Labute approximate surface area is 117 Å². The molecular weight excluding hydrogens is 261 g/mol. The molecule has 1 aromatic rings. The van der Waals surface area contributed by atoms with E-state index in [1.807, 2.05) is 4.90 Å². The van der Waals surface area contributed by atoms with E-state index in [4.69, 9.17) is 0 Å². The molecule has 1 unspecified atom stereocenters. The third-order valence-electron chi connectivity index (χ3n) is 4.32. The van der Waals surface area contributed by atoms with E-state index in [1.165, 1.54) is 25.0 Å². The first-order chi connectivity index (χ1) is 9.65. The molecule has 0 spiro atoms. The summed E-state index contributed by atoms with van der Waals surface area (Å²) in [4.78, 5) is 14.6. The SMILES string of the molecule is O=[N+]([O-])c1ccc(N2CCN3CCCCC3C2)c(F)c1. The molecule has 2 fully saturated rings. The Morgan fingerprint density at radius 1 is 1.25 bits per heavy atom. The fourth-order valence-electron chi connectivity index (χ4n) is 3.24. The predicted octanol–water partition coefficient (Wildman–Crippen LogP) is 2.41. The predicted molar refractivity (Wildman–Crippen MR) is 74.5 cm³/mol. The Morgan fingerprint density at radius 3 is 2.85 bits per heavy atom. The highest BCUT2D eigenvalue weighted by Gasteiger charge is 2.30. The summed E-state index contributed by atoms with van der Waals surface area (Å²) in [5, 5.41) is 10.6. The second kappa shape index (κ2) is 5.36. The van der Waals surface area contributed by atoms with Gasteiger partial charge in [0.1, 0.15) is 0 Å². The molecule has 0 amide bonds. The summed E-state index contributed by atoms with van der Waals surface area (Å²) in [5.74, 6) is -0.497. The summed E-state index contributed by atoms with van der Waals surface area (Å²) >= 11 is 0. The average molecular weight is 279 g/mol. The zero-order chi connectivity index (χ0) is 14.1. The van der Waals surface area contributed by atoms with Gasteiger partial charge in [0.05, 0.1) is 16.7 Å². The number of piperidine rings is 1. The largest absolute Gasteiger partial charge is 0.366 e. The van der Waals surface area contributed by atoms with Crippen molar-refractivity contribution in [3.8, 4) is 0 Å². The van der Waals surface area contributed by atoms with Crippen molar-refractivity contribution in [2.45, 2.75) is 25.3 Å². The summed E-state index contributed by atoms with van der Waals surface area (Å²) < 4.78 is 14.1. The maximum absolute atomic E-state index is 14.1. The van der Waals surface area contributed by atoms with Gasteiger partial charge in [0.25, 0.3) is 5.69 Å². The van der Waals surface area contributed by atoms with Crippen molar-refractivity contribution in [1.29, 1.82) is 0 Å². The fourth-order valence-corrected chi connectivity index (χ4v) is 3.24. The third-order valence-corrected chi connectivity index (χ3v) is 4.32. The van der Waals surface area contributed by atoms with E-state index < -0.39 is 10.7 Å². The number of nitrogens with zero attached hydrogens (tertiary/aromatic N) is 3. The van der Waals surface area contributed by atoms with Crippen LogP contribution in [-0.4, -0.2) is 42.0 Å². The van der Waals surface area contributed by atoms with Crippen molar-refractivity contribution in [1.82, 2.24) is 4.90 Å². The minimum Gasteiger partial charge on any atom is -0.366 e. The van der Waals surface area contributed by atoms with Gasteiger partial charge >= 0.3 is 0 Å². The van der Waals surface area contributed by atoms with E-state index in [9.17, 15) is 14.5 Å². The van der Waals surface area contributed by atoms with Crippen LogP contribution in [0, 0.1) is 15.9 Å². The maximum Gasteiger partial charge on any atom is 0.272 e. The molecule has 0 aliphatic carbocycles. The monoisotopic (exact) mass is 279 g/mol. The number of benzene rings is 1. The molecule has 0 aromatic heterocycles. The molecule has 5 nitrogen and oxygen atoms in total. The molecule has 0 N–H and O–H groups in total. The Kier molecular flexibility index (Phi) is 3.56. The van der Waals surface area contributed by atoms with Gasteiger partial charge in [-0.1, -0.05) is 6.42 Å². The number of hydrogen-bond donors (Lipinski definition) is 0. The molecule has 2 saturated heterocycles. The highest BCUT2D eigenvalue weighted by molar-refractivity contribution is 5.52. The lowest BCUT2D eigenvalue weighted by atomic mass is 9.99. The number of non-ortho nitro benzene ring substituents is 1. The smallest absolute Gasteiger partial charge is 0.272 e. The molecule has 0 bridgehead atoms. The summed E-state index contributed by atoms with van der Waals surface area (Å²) in [6, 6.07) is 4.42. The van der Waals surface area contributed by atoms with Crippen LogP contribution in [0.25, 0.3) is 0 Å². The van der Waals surface area contributed by atoms with Crippen molar-refractivity contribution < 1.29 is 9.31 Å². The van der Waals surface area contributed by atoms with E-state index in [0.717, 1.165) is 38.7 Å². The number of nitro groups is 1. The molecule has 108 valence electrons. The number of piperazine rings is 1. The molecule has 6 heteroatoms. The number of halogens is 1. The lowest BCUT2D eigenvalue weighted by Crippen LogP contribution is -2.55. The Bertz CT molecular complexity index is 523. The third kappa shape index (κ3) is 2.47. The molecule has 2 aliphatic rings. The first-order valence-electron chi connectivity index (χ1n) is 7.08. The fraction of sp³-hybridized carbons (Fsp3) is 0.571. The number of rotatable bonds is 2. The Balaban J connectivity index is 1.78. The first kappa shape index (κ1) is 13.3. The number of hydrogen-bond acceptors (Lipinski definition) is 4. The van der Waals surface area contributed by atoms with Crippen LogP contribution in [0.3, 0.4) is 0 Å². The normalized spacial score (nSPS) is 23.4. The second-order valence-electron chi connectivity index (χ2n) is 5.52. The average Bonchev–Trinajstić information content (AvgIpc) is 2.46. The van der Waals surface area contributed by atoms with Crippen molar-refractivity contribution in [2.75, 3.05) is 31.1 Å². The lowest BCUT2D eigenvalue weighted by Gasteiger charge is -2.44. The number of anilines is 1. The zero-order valence-corrected chi connectivity index (χ0v) is 11.3. The van der Waals surface area contributed by atoms with Gasteiger partial charge in [0.2, 0.25) is 0 Å². The van der Waals surface area contributed by atoms with E-state index in [1.54, 1.807) is 0 Å². The summed E-state index contributed by atoms with van der Waals surface area (Å²) in [5.41, 5.74) is 0.295. The molecule has 3 rings (SSSR count). The highest BCUT2D eigenvalue weighted by atomic mass is 19.1. The van der Waals surface area contributed by atoms with Crippen molar-refractivity contribution >= 4 is 11.4 Å². The molecule has 1 aromatic carbocycles. The van der Waals surface area contributed by atoms with Crippen molar-refractivity contribution in [3.05, 3.63) is 34.1 Å². The first-order valence-corrected chi connectivity index (χ1v) is 7.08. The molecular formula is C14H18FN3O2. The van der Waals surface area contributed by atoms with Gasteiger partial charge < -0.3 is 4.90 Å². The Hall–Kier alpha value is -1.69. The molecule has 2 aliphatic heterocycles. The topological polar surface area (TPSA) is 49.6 Å². The maximum atomic E-state index is 14.1. The van der Waals surface area contributed by atoms with Crippen LogP contribution in [0.2, 0.25) is 0 Å². The zero-order valence-electron chi connectivity index (χ0n) is 11.3. The van der Waals surface area contributed by atoms with Gasteiger partial charge in [-0.2, -0.15) is 0 Å². The van der Waals surface area contributed by atoms with Crippen LogP contribution in [-0.2, 0) is 0 Å². The molecule has 0 radical (unpaired) electrons. The molecule has 1 atom stereocenters. The van der Waals surface area contributed by atoms with Gasteiger partial charge in [0, 0.05) is 31.7 Å². The van der Waals surface area contributed by atoms with Crippen LogP contribution >= 0.6 is 0 Å². The lowest BCUT2D eigenvalue weighted by molar-refractivity contribution is -0.385. The van der Waals surface area contributed by atoms with Crippen molar-refractivity contribution in [2.24, 2.45) is 0 Å². The van der Waals surface area contributed by atoms with Gasteiger partial charge in [-0.25, -0.2) is 4.39 Å². The Morgan fingerprint density at radius 2 is 2.10 bits per heavy atom.